The largest absolute Gasteiger partial charge is 0.475 e. The van der Waals surface area contributed by atoms with E-state index in [2.05, 4.69) is 15.2 Å². The molecule has 0 saturated heterocycles. The fourth-order valence-electron chi connectivity index (χ4n) is 3.05. The van der Waals surface area contributed by atoms with Crippen LogP contribution >= 0.6 is 0 Å². The minimum atomic E-state index is -2.99. The molecular formula is C21H22F3N5O2. The van der Waals surface area contributed by atoms with Crippen molar-refractivity contribution < 1.29 is 22.7 Å². The van der Waals surface area contributed by atoms with E-state index in [0.29, 0.717) is 6.54 Å². The summed E-state index contributed by atoms with van der Waals surface area (Å²) in [5.41, 5.74) is -0.150. The van der Waals surface area contributed by atoms with Gasteiger partial charge in [0.1, 0.15) is 12.3 Å². The quantitative estimate of drug-likeness (QED) is 0.540. The van der Waals surface area contributed by atoms with E-state index in [0.717, 1.165) is 17.9 Å². The zero-order valence-corrected chi connectivity index (χ0v) is 17.3. The number of amides is 1. The highest BCUT2D eigenvalue weighted by Crippen LogP contribution is 2.27. The van der Waals surface area contributed by atoms with Gasteiger partial charge in [0.2, 0.25) is 5.88 Å². The van der Waals surface area contributed by atoms with Crippen LogP contribution in [0.4, 0.5) is 13.2 Å². The number of benzene rings is 1. The van der Waals surface area contributed by atoms with Gasteiger partial charge in [-0.15, -0.1) is 4.80 Å². The lowest BCUT2D eigenvalue weighted by molar-refractivity contribution is 0.0169. The molecule has 2 aromatic heterocycles. The van der Waals surface area contributed by atoms with Gasteiger partial charge >= 0.3 is 0 Å². The molecule has 0 saturated carbocycles. The maximum Gasteiger partial charge on any atom is 0.272 e. The third-order valence-corrected chi connectivity index (χ3v) is 4.69. The third kappa shape index (κ3) is 5.01. The van der Waals surface area contributed by atoms with E-state index in [1.54, 1.807) is 13.8 Å². The molecule has 1 atom stereocenters. The number of halogens is 3. The van der Waals surface area contributed by atoms with Gasteiger partial charge in [0.25, 0.3) is 11.8 Å². The van der Waals surface area contributed by atoms with E-state index in [9.17, 15) is 18.0 Å². The van der Waals surface area contributed by atoms with Crippen LogP contribution in [0.15, 0.2) is 48.9 Å². The summed E-state index contributed by atoms with van der Waals surface area (Å²) in [6.45, 7) is 4.74. The van der Waals surface area contributed by atoms with Gasteiger partial charge in [-0.05, 0) is 32.0 Å². The number of hydrogen-bond donors (Lipinski definition) is 0. The molecule has 1 amide bonds. The normalized spacial score (nSPS) is 12.5. The molecule has 0 N–H and O–H groups in total. The number of para-hydroxylation sites is 1. The number of hydrogen-bond acceptors (Lipinski definition) is 5. The molecule has 0 radical (unpaired) electrons. The van der Waals surface area contributed by atoms with Gasteiger partial charge in [-0.2, -0.15) is 10.2 Å². The SMILES string of the molecule is CCN(C(=O)c1cccc(F)c1-n1nccn1)[C@@H](C)COc1ccc(C(C)(F)F)cn1. The summed E-state index contributed by atoms with van der Waals surface area (Å²) >= 11 is 0. The molecule has 0 aliphatic rings. The summed E-state index contributed by atoms with van der Waals surface area (Å²) in [5.74, 6) is -3.87. The average molecular weight is 433 g/mol. The van der Waals surface area contributed by atoms with Gasteiger partial charge in [0, 0.05) is 31.3 Å². The average Bonchev–Trinajstić information content (AvgIpc) is 3.26. The maximum atomic E-state index is 14.5. The van der Waals surface area contributed by atoms with E-state index in [1.807, 2.05) is 0 Å². The van der Waals surface area contributed by atoms with Gasteiger partial charge in [0.05, 0.1) is 24.0 Å². The van der Waals surface area contributed by atoms with E-state index < -0.39 is 23.7 Å². The number of likely N-dealkylation sites (N-methyl/N-ethyl adjacent to an activating group) is 1. The first-order valence-electron chi connectivity index (χ1n) is 9.65. The molecular weight excluding hydrogens is 411 g/mol. The molecule has 0 bridgehead atoms. The lowest BCUT2D eigenvalue weighted by atomic mass is 10.1. The number of aromatic nitrogens is 4. The van der Waals surface area contributed by atoms with Crippen molar-refractivity contribution in [1.29, 1.82) is 0 Å². The van der Waals surface area contributed by atoms with E-state index in [1.165, 1.54) is 47.6 Å². The van der Waals surface area contributed by atoms with Crippen LogP contribution in [0, 0.1) is 5.82 Å². The van der Waals surface area contributed by atoms with Crippen LogP contribution in [0.25, 0.3) is 5.69 Å². The number of ether oxygens (including phenoxy) is 1. The zero-order valence-electron chi connectivity index (χ0n) is 17.3. The Labute approximate surface area is 177 Å². The fourth-order valence-corrected chi connectivity index (χ4v) is 3.05. The maximum absolute atomic E-state index is 14.5. The van der Waals surface area contributed by atoms with Crippen molar-refractivity contribution in [1.82, 2.24) is 24.9 Å². The minimum Gasteiger partial charge on any atom is -0.475 e. The first-order valence-corrected chi connectivity index (χ1v) is 9.65. The van der Waals surface area contributed by atoms with Crippen molar-refractivity contribution in [2.24, 2.45) is 0 Å². The van der Waals surface area contributed by atoms with Crippen molar-refractivity contribution in [2.75, 3.05) is 13.2 Å². The Hall–Kier alpha value is -3.43. The van der Waals surface area contributed by atoms with Crippen LogP contribution in [-0.2, 0) is 5.92 Å². The molecule has 1 aromatic carbocycles. The summed E-state index contributed by atoms with van der Waals surface area (Å²) in [4.78, 5) is 19.6. The monoisotopic (exact) mass is 433 g/mol. The van der Waals surface area contributed by atoms with Crippen LogP contribution in [-0.4, -0.2) is 50.0 Å². The number of nitrogens with zero attached hydrogens (tertiary/aromatic N) is 5. The van der Waals surface area contributed by atoms with Crippen LogP contribution in [0.2, 0.25) is 0 Å². The summed E-state index contributed by atoms with van der Waals surface area (Å²) in [5, 5.41) is 7.86. The van der Waals surface area contributed by atoms with Gasteiger partial charge in [-0.25, -0.2) is 18.2 Å². The van der Waals surface area contributed by atoms with Crippen molar-refractivity contribution in [3.63, 3.8) is 0 Å². The molecule has 10 heteroatoms. The summed E-state index contributed by atoms with van der Waals surface area (Å²) in [7, 11) is 0. The third-order valence-electron chi connectivity index (χ3n) is 4.69. The van der Waals surface area contributed by atoms with E-state index >= 15 is 0 Å². The van der Waals surface area contributed by atoms with Gasteiger partial charge in [0.15, 0.2) is 5.82 Å². The molecule has 31 heavy (non-hydrogen) atoms. The Balaban J connectivity index is 1.75. The van der Waals surface area contributed by atoms with Crippen LogP contribution in [0.1, 0.15) is 36.7 Å². The molecule has 0 spiro atoms. The number of rotatable bonds is 8. The Morgan fingerprint density at radius 3 is 2.52 bits per heavy atom. The molecule has 0 aliphatic heterocycles. The first kappa shape index (κ1) is 22.3. The second kappa shape index (κ2) is 9.15. The number of alkyl halides is 2. The molecule has 3 rings (SSSR count). The number of carbonyl (C=O) groups excluding carboxylic acids is 1. The van der Waals surface area contributed by atoms with Crippen LogP contribution in [0.5, 0.6) is 5.88 Å². The smallest absolute Gasteiger partial charge is 0.272 e. The summed E-state index contributed by atoms with van der Waals surface area (Å²) < 4.78 is 46.7. The zero-order chi connectivity index (χ0) is 22.6. The topological polar surface area (TPSA) is 73.1 Å². The Kier molecular flexibility index (Phi) is 6.57. The summed E-state index contributed by atoms with van der Waals surface area (Å²) in [6, 6.07) is 6.36. The van der Waals surface area contributed by atoms with Crippen LogP contribution in [0.3, 0.4) is 0 Å². The second-order valence-corrected chi connectivity index (χ2v) is 6.98. The second-order valence-electron chi connectivity index (χ2n) is 6.98. The lowest BCUT2D eigenvalue weighted by Crippen LogP contribution is -2.42. The number of carbonyl (C=O) groups is 1. The highest BCUT2D eigenvalue weighted by atomic mass is 19.3. The van der Waals surface area contributed by atoms with Gasteiger partial charge in [-0.3, -0.25) is 4.79 Å². The predicted octanol–water partition coefficient (Wildman–Crippen LogP) is 3.84. The summed E-state index contributed by atoms with van der Waals surface area (Å²) in [6.07, 6.45) is 3.84. The van der Waals surface area contributed by atoms with Crippen molar-refractivity contribution in [2.45, 2.75) is 32.7 Å². The van der Waals surface area contributed by atoms with Crippen molar-refractivity contribution in [3.05, 3.63) is 65.9 Å². The molecule has 3 aromatic rings. The standard InChI is InChI=1S/C21H22F3N5O2/c1-4-28(14(2)13-31-18-9-8-15(12-25-18)21(3,23)24)20(30)16-6-5-7-17(22)19(16)29-26-10-11-27-29/h5-12,14H,4,13H2,1-3H3/t14-/m0/s1. The minimum absolute atomic E-state index is 0.0400. The molecule has 0 aliphatic carbocycles. The highest BCUT2D eigenvalue weighted by molar-refractivity contribution is 5.98. The van der Waals surface area contributed by atoms with Crippen molar-refractivity contribution >= 4 is 5.91 Å². The van der Waals surface area contributed by atoms with Crippen LogP contribution < -0.4 is 4.74 Å². The predicted molar refractivity (Wildman–Crippen MR) is 107 cm³/mol. The Morgan fingerprint density at radius 1 is 1.23 bits per heavy atom. The first-order chi connectivity index (χ1) is 14.7. The van der Waals surface area contributed by atoms with Gasteiger partial charge in [-0.1, -0.05) is 6.07 Å². The van der Waals surface area contributed by atoms with Crippen molar-refractivity contribution in [3.8, 4) is 11.6 Å². The van der Waals surface area contributed by atoms with Gasteiger partial charge < -0.3 is 9.64 Å². The Morgan fingerprint density at radius 2 is 1.94 bits per heavy atom. The molecule has 2 heterocycles. The molecule has 0 fully saturated rings. The van der Waals surface area contributed by atoms with E-state index in [4.69, 9.17) is 4.74 Å². The van der Waals surface area contributed by atoms with E-state index in [-0.39, 0.29) is 29.3 Å². The fraction of sp³-hybridized carbons (Fsp3) is 0.333. The Bertz CT molecular complexity index is 1020. The lowest BCUT2D eigenvalue weighted by Gasteiger charge is -2.28. The number of pyridine rings is 1. The highest BCUT2D eigenvalue weighted by Gasteiger charge is 2.27. The molecule has 0 unspecified atom stereocenters. The molecule has 7 nitrogen and oxygen atoms in total. The molecule has 164 valence electrons.